The van der Waals surface area contributed by atoms with E-state index in [1.807, 2.05) is 6.20 Å². The van der Waals surface area contributed by atoms with Crippen molar-refractivity contribution in [3.63, 3.8) is 0 Å². The second kappa shape index (κ2) is 6.21. The summed E-state index contributed by atoms with van der Waals surface area (Å²) in [4.78, 5) is 4.79. The van der Waals surface area contributed by atoms with Gasteiger partial charge in [-0.1, -0.05) is 78.4 Å². The first kappa shape index (κ1) is 14.0. The van der Waals surface area contributed by atoms with E-state index in [0.717, 1.165) is 18.5 Å². The highest BCUT2D eigenvalue weighted by molar-refractivity contribution is 5.85. The molecule has 1 unspecified atom stereocenters. The maximum absolute atomic E-state index is 4.79. The fraction of sp³-hybridized carbons (Fsp3) is 0.136. The Labute approximate surface area is 137 Å². The van der Waals surface area contributed by atoms with Crippen molar-refractivity contribution >= 4 is 10.8 Å². The van der Waals surface area contributed by atoms with Crippen LogP contribution >= 0.6 is 0 Å². The van der Waals surface area contributed by atoms with Crippen molar-refractivity contribution in [1.29, 1.82) is 0 Å². The standard InChI is InChI=1S/C22H19N/c1-3-10-18(11-4-1)21(19-12-5-2-6-13-19)22-20-14-8-7-9-17(20)15-16-23-22/h1-5,7-12,14-16,21H,6,13H2. The quantitative estimate of drug-likeness (QED) is 0.609. The predicted octanol–water partition coefficient (Wildman–Crippen LogP) is 5.64. The molecule has 4 rings (SSSR count). The van der Waals surface area contributed by atoms with Gasteiger partial charge in [-0.15, -0.1) is 0 Å². The summed E-state index contributed by atoms with van der Waals surface area (Å²) < 4.78 is 0. The molecule has 0 spiro atoms. The van der Waals surface area contributed by atoms with E-state index in [2.05, 4.69) is 78.9 Å². The van der Waals surface area contributed by atoms with Gasteiger partial charge in [0.1, 0.15) is 0 Å². The van der Waals surface area contributed by atoms with Gasteiger partial charge >= 0.3 is 0 Å². The number of allylic oxidation sites excluding steroid dienone is 4. The van der Waals surface area contributed by atoms with Crippen LogP contribution in [-0.2, 0) is 0 Å². The maximum Gasteiger partial charge on any atom is 0.0597 e. The maximum atomic E-state index is 4.79. The van der Waals surface area contributed by atoms with Crippen LogP contribution in [0.25, 0.3) is 10.8 Å². The third kappa shape index (κ3) is 2.70. The first-order chi connectivity index (χ1) is 11.4. The Hall–Kier alpha value is -2.67. The van der Waals surface area contributed by atoms with Gasteiger partial charge in [0.05, 0.1) is 5.69 Å². The highest BCUT2D eigenvalue weighted by Gasteiger charge is 2.22. The van der Waals surface area contributed by atoms with Crippen LogP contribution in [0.1, 0.15) is 30.0 Å². The SMILES string of the molecule is C1=CCCC(C(c2ccccc2)c2nccc3ccccc23)=C1. The van der Waals surface area contributed by atoms with Crippen molar-refractivity contribution < 1.29 is 0 Å². The van der Waals surface area contributed by atoms with E-state index in [9.17, 15) is 0 Å². The zero-order valence-electron chi connectivity index (χ0n) is 13.0. The van der Waals surface area contributed by atoms with Crippen molar-refractivity contribution in [3.8, 4) is 0 Å². The Morgan fingerprint density at radius 1 is 0.870 bits per heavy atom. The van der Waals surface area contributed by atoms with E-state index in [1.165, 1.54) is 21.9 Å². The van der Waals surface area contributed by atoms with Gasteiger partial charge in [0.25, 0.3) is 0 Å². The third-order valence-electron chi connectivity index (χ3n) is 4.53. The second-order valence-electron chi connectivity index (χ2n) is 5.97. The van der Waals surface area contributed by atoms with Gasteiger partial charge in [-0.3, -0.25) is 4.98 Å². The lowest BCUT2D eigenvalue weighted by atomic mass is 9.82. The molecule has 3 aromatic rings. The Balaban J connectivity index is 1.94. The van der Waals surface area contributed by atoms with Gasteiger partial charge in [-0.2, -0.15) is 0 Å². The summed E-state index contributed by atoms with van der Waals surface area (Å²) in [6, 6.07) is 21.4. The molecule has 0 saturated heterocycles. The molecule has 1 heteroatoms. The van der Waals surface area contributed by atoms with Crippen molar-refractivity contribution in [2.75, 3.05) is 0 Å². The molecule has 1 aliphatic rings. The van der Waals surface area contributed by atoms with Gasteiger partial charge in [-0.25, -0.2) is 0 Å². The number of rotatable bonds is 3. The Morgan fingerprint density at radius 3 is 2.52 bits per heavy atom. The van der Waals surface area contributed by atoms with Gasteiger partial charge in [0.2, 0.25) is 0 Å². The average Bonchev–Trinajstić information content (AvgIpc) is 2.64. The number of hydrogen-bond donors (Lipinski definition) is 0. The van der Waals surface area contributed by atoms with E-state index in [1.54, 1.807) is 0 Å². The summed E-state index contributed by atoms with van der Waals surface area (Å²) in [6.45, 7) is 0. The molecule has 1 aliphatic carbocycles. The van der Waals surface area contributed by atoms with Gasteiger partial charge < -0.3 is 0 Å². The van der Waals surface area contributed by atoms with Crippen LogP contribution < -0.4 is 0 Å². The van der Waals surface area contributed by atoms with Crippen molar-refractivity contribution in [1.82, 2.24) is 4.98 Å². The van der Waals surface area contributed by atoms with Crippen LogP contribution in [0.15, 0.2) is 90.7 Å². The summed E-state index contributed by atoms with van der Waals surface area (Å²) in [7, 11) is 0. The first-order valence-electron chi connectivity index (χ1n) is 8.18. The molecule has 0 saturated carbocycles. The van der Waals surface area contributed by atoms with Crippen molar-refractivity contribution in [3.05, 3.63) is 102 Å². The lowest BCUT2D eigenvalue weighted by Gasteiger charge is -2.23. The molecule has 1 aromatic heterocycles. The molecular formula is C22H19N. The third-order valence-corrected chi connectivity index (χ3v) is 4.53. The predicted molar refractivity (Wildman–Crippen MR) is 96.5 cm³/mol. The lowest BCUT2D eigenvalue weighted by Crippen LogP contribution is -2.09. The minimum absolute atomic E-state index is 0.229. The second-order valence-corrected chi connectivity index (χ2v) is 5.97. The number of benzene rings is 2. The monoisotopic (exact) mass is 297 g/mol. The Kier molecular flexibility index (Phi) is 3.77. The van der Waals surface area contributed by atoms with E-state index in [4.69, 9.17) is 4.98 Å². The molecule has 0 radical (unpaired) electrons. The number of fused-ring (bicyclic) bond motifs is 1. The molecule has 0 aliphatic heterocycles. The smallest absolute Gasteiger partial charge is 0.0597 e. The van der Waals surface area contributed by atoms with Crippen molar-refractivity contribution in [2.45, 2.75) is 18.8 Å². The van der Waals surface area contributed by atoms with Crippen LogP contribution in [0.4, 0.5) is 0 Å². The molecule has 1 atom stereocenters. The number of nitrogens with zero attached hydrogens (tertiary/aromatic N) is 1. The van der Waals surface area contributed by atoms with Gasteiger partial charge in [0.15, 0.2) is 0 Å². The summed E-state index contributed by atoms with van der Waals surface area (Å²) in [5.41, 5.74) is 3.93. The summed E-state index contributed by atoms with van der Waals surface area (Å²) >= 11 is 0. The fourth-order valence-electron chi connectivity index (χ4n) is 3.43. The lowest BCUT2D eigenvalue weighted by molar-refractivity contribution is 0.814. The highest BCUT2D eigenvalue weighted by atomic mass is 14.7. The molecule has 23 heavy (non-hydrogen) atoms. The molecule has 0 bridgehead atoms. The molecule has 112 valence electrons. The van der Waals surface area contributed by atoms with Crippen LogP contribution in [0.5, 0.6) is 0 Å². The number of aromatic nitrogens is 1. The molecule has 0 amide bonds. The number of pyridine rings is 1. The molecule has 1 heterocycles. The molecule has 0 N–H and O–H groups in total. The Bertz CT molecular complexity index is 869. The van der Waals surface area contributed by atoms with Crippen molar-refractivity contribution in [2.24, 2.45) is 0 Å². The van der Waals surface area contributed by atoms with E-state index in [-0.39, 0.29) is 5.92 Å². The fourth-order valence-corrected chi connectivity index (χ4v) is 3.43. The van der Waals surface area contributed by atoms with Crippen LogP contribution in [0.3, 0.4) is 0 Å². The Morgan fingerprint density at radius 2 is 1.70 bits per heavy atom. The van der Waals surface area contributed by atoms with Crippen LogP contribution in [0.2, 0.25) is 0 Å². The average molecular weight is 297 g/mol. The number of hydrogen-bond acceptors (Lipinski definition) is 1. The van der Waals surface area contributed by atoms with E-state index >= 15 is 0 Å². The zero-order chi connectivity index (χ0) is 15.5. The topological polar surface area (TPSA) is 12.9 Å². The normalized spacial score (nSPS) is 15.4. The summed E-state index contributed by atoms with van der Waals surface area (Å²) in [5.74, 6) is 0.229. The van der Waals surface area contributed by atoms with Crippen LogP contribution in [0, 0.1) is 0 Å². The largest absolute Gasteiger partial charge is 0.260 e. The summed E-state index contributed by atoms with van der Waals surface area (Å²) in [5, 5.41) is 2.50. The molecular weight excluding hydrogens is 278 g/mol. The summed E-state index contributed by atoms with van der Waals surface area (Å²) in [6.07, 6.45) is 10.8. The highest BCUT2D eigenvalue weighted by Crippen LogP contribution is 2.37. The molecule has 2 aromatic carbocycles. The van der Waals surface area contributed by atoms with Gasteiger partial charge in [0, 0.05) is 17.5 Å². The minimum Gasteiger partial charge on any atom is -0.260 e. The van der Waals surface area contributed by atoms with Gasteiger partial charge in [-0.05, 0) is 29.9 Å². The first-order valence-corrected chi connectivity index (χ1v) is 8.18. The van der Waals surface area contributed by atoms with E-state index in [0.29, 0.717) is 0 Å². The molecule has 0 fully saturated rings. The zero-order valence-corrected chi connectivity index (χ0v) is 13.0. The van der Waals surface area contributed by atoms with Crippen LogP contribution in [-0.4, -0.2) is 4.98 Å². The van der Waals surface area contributed by atoms with E-state index < -0.39 is 0 Å². The molecule has 1 nitrogen and oxygen atoms in total. The minimum atomic E-state index is 0.229.